The molecule has 0 aliphatic carbocycles. The summed E-state index contributed by atoms with van der Waals surface area (Å²) in [7, 11) is 0. The molecule has 2 nitrogen and oxygen atoms in total. The highest BCUT2D eigenvalue weighted by molar-refractivity contribution is 5.03. The summed E-state index contributed by atoms with van der Waals surface area (Å²) in [6.45, 7) is 8.99. The van der Waals surface area contributed by atoms with Crippen LogP contribution < -0.4 is 5.32 Å². The van der Waals surface area contributed by atoms with Crippen molar-refractivity contribution in [1.29, 1.82) is 0 Å². The Morgan fingerprint density at radius 1 is 1.25 bits per heavy atom. The predicted molar refractivity (Wildman–Crippen MR) is 68.4 cm³/mol. The summed E-state index contributed by atoms with van der Waals surface area (Å²) in [5, 5.41) is 3.64. The topological polar surface area (TPSA) is 25.2 Å². The minimum Gasteiger partial charge on any atom is -0.468 e. The van der Waals surface area contributed by atoms with Crippen LogP contribution in [0.25, 0.3) is 0 Å². The summed E-state index contributed by atoms with van der Waals surface area (Å²) in [5.74, 6) is 1.82. The molecule has 3 atom stereocenters. The molecule has 92 valence electrons. The van der Waals surface area contributed by atoms with Gasteiger partial charge in [0.25, 0.3) is 0 Å². The van der Waals surface area contributed by atoms with Crippen molar-refractivity contribution in [2.45, 2.75) is 59.0 Å². The van der Waals surface area contributed by atoms with Crippen LogP contribution in [0, 0.1) is 5.92 Å². The molecule has 0 bridgehead atoms. The smallest absolute Gasteiger partial charge is 0.120 e. The first-order valence-corrected chi connectivity index (χ1v) is 6.46. The maximum Gasteiger partial charge on any atom is 0.120 e. The van der Waals surface area contributed by atoms with Crippen LogP contribution in [0.15, 0.2) is 22.8 Å². The second-order valence-corrected chi connectivity index (χ2v) is 4.76. The van der Waals surface area contributed by atoms with E-state index in [9.17, 15) is 0 Å². The Balaban J connectivity index is 2.43. The van der Waals surface area contributed by atoms with Crippen molar-refractivity contribution in [3.63, 3.8) is 0 Å². The van der Waals surface area contributed by atoms with Crippen LogP contribution in [-0.4, -0.2) is 6.04 Å². The van der Waals surface area contributed by atoms with E-state index in [4.69, 9.17) is 4.42 Å². The van der Waals surface area contributed by atoms with Crippen LogP contribution in [0.1, 0.15) is 58.8 Å². The van der Waals surface area contributed by atoms with Crippen molar-refractivity contribution in [2.24, 2.45) is 5.92 Å². The van der Waals surface area contributed by atoms with Crippen molar-refractivity contribution in [3.8, 4) is 0 Å². The van der Waals surface area contributed by atoms with Crippen molar-refractivity contribution in [2.75, 3.05) is 0 Å². The van der Waals surface area contributed by atoms with Gasteiger partial charge in [-0.05, 0) is 37.8 Å². The second kappa shape index (κ2) is 6.74. The number of rotatable bonds is 7. The monoisotopic (exact) mass is 223 g/mol. The zero-order valence-electron chi connectivity index (χ0n) is 11.0. The van der Waals surface area contributed by atoms with Gasteiger partial charge in [0, 0.05) is 6.04 Å². The van der Waals surface area contributed by atoms with Crippen molar-refractivity contribution >= 4 is 0 Å². The average molecular weight is 223 g/mol. The zero-order valence-corrected chi connectivity index (χ0v) is 11.0. The maximum atomic E-state index is 5.41. The molecule has 0 amide bonds. The molecule has 0 aliphatic rings. The molecular formula is C14H25NO. The van der Waals surface area contributed by atoms with E-state index in [2.05, 4.69) is 33.0 Å². The Kier molecular flexibility index (Phi) is 5.61. The van der Waals surface area contributed by atoms with Gasteiger partial charge < -0.3 is 9.73 Å². The van der Waals surface area contributed by atoms with Gasteiger partial charge in [0.05, 0.1) is 12.3 Å². The normalized spacial score (nSPS) is 17.0. The molecule has 1 rings (SSSR count). The Labute approximate surface area is 99.4 Å². The molecule has 0 spiro atoms. The fourth-order valence-electron chi connectivity index (χ4n) is 1.98. The SMILES string of the molecule is CCC(C)CC(CC)NC(C)c1ccco1. The van der Waals surface area contributed by atoms with Crippen LogP contribution in [0.4, 0.5) is 0 Å². The van der Waals surface area contributed by atoms with Gasteiger partial charge in [-0.15, -0.1) is 0 Å². The Bertz CT molecular complexity index is 268. The predicted octanol–water partition coefficient (Wildman–Crippen LogP) is 4.15. The third-order valence-corrected chi connectivity index (χ3v) is 3.33. The van der Waals surface area contributed by atoms with Crippen LogP contribution in [-0.2, 0) is 0 Å². The molecule has 1 N–H and O–H groups in total. The first kappa shape index (κ1) is 13.3. The van der Waals surface area contributed by atoms with Gasteiger partial charge in [-0.25, -0.2) is 0 Å². The lowest BCUT2D eigenvalue weighted by molar-refractivity contribution is 0.333. The van der Waals surface area contributed by atoms with Gasteiger partial charge in [0.1, 0.15) is 5.76 Å². The van der Waals surface area contributed by atoms with Crippen LogP contribution in [0.5, 0.6) is 0 Å². The highest BCUT2D eigenvalue weighted by atomic mass is 16.3. The number of hydrogen-bond acceptors (Lipinski definition) is 2. The summed E-state index contributed by atoms with van der Waals surface area (Å²) in [6, 6.07) is 4.88. The molecule has 0 radical (unpaired) electrons. The number of nitrogens with one attached hydrogen (secondary N) is 1. The van der Waals surface area contributed by atoms with Gasteiger partial charge in [0.15, 0.2) is 0 Å². The molecule has 2 heteroatoms. The molecular weight excluding hydrogens is 198 g/mol. The molecule has 1 aromatic heterocycles. The van der Waals surface area contributed by atoms with Crippen molar-refractivity contribution in [1.82, 2.24) is 5.32 Å². The quantitative estimate of drug-likeness (QED) is 0.751. The van der Waals surface area contributed by atoms with Gasteiger partial charge >= 0.3 is 0 Å². The molecule has 0 fully saturated rings. The summed E-state index contributed by atoms with van der Waals surface area (Å²) in [6.07, 6.45) is 5.42. The summed E-state index contributed by atoms with van der Waals surface area (Å²) >= 11 is 0. The number of hydrogen-bond donors (Lipinski definition) is 1. The molecule has 16 heavy (non-hydrogen) atoms. The van der Waals surface area contributed by atoms with Gasteiger partial charge in [0.2, 0.25) is 0 Å². The molecule has 0 aliphatic heterocycles. The summed E-state index contributed by atoms with van der Waals surface area (Å²) in [5.41, 5.74) is 0. The molecule has 0 saturated heterocycles. The molecule has 0 aromatic carbocycles. The van der Waals surface area contributed by atoms with Crippen molar-refractivity contribution < 1.29 is 4.42 Å². The third kappa shape index (κ3) is 4.01. The van der Waals surface area contributed by atoms with Gasteiger partial charge in [-0.1, -0.05) is 27.2 Å². The fraction of sp³-hybridized carbons (Fsp3) is 0.714. The Hall–Kier alpha value is -0.760. The Morgan fingerprint density at radius 2 is 2.00 bits per heavy atom. The van der Waals surface area contributed by atoms with E-state index in [-0.39, 0.29) is 0 Å². The Morgan fingerprint density at radius 3 is 2.50 bits per heavy atom. The standard InChI is InChI=1S/C14H25NO/c1-5-11(3)10-13(6-2)15-12(4)14-8-7-9-16-14/h7-9,11-13,15H,5-6,10H2,1-4H3. The van der Waals surface area contributed by atoms with Crippen LogP contribution >= 0.6 is 0 Å². The average Bonchev–Trinajstić information content (AvgIpc) is 2.81. The van der Waals surface area contributed by atoms with Gasteiger partial charge in [-0.2, -0.15) is 0 Å². The van der Waals surface area contributed by atoms with Crippen LogP contribution in [0.2, 0.25) is 0 Å². The van der Waals surface area contributed by atoms with E-state index >= 15 is 0 Å². The molecule has 1 aromatic rings. The second-order valence-electron chi connectivity index (χ2n) is 4.76. The third-order valence-electron chi connectivity index (χ3n) is 3.33. The van der Waals surface area contributed by atoms with E-state index in [1.807, 2.05) is 12.1 Å². The highest BCUT2D eigenvalue weighted by Gasteiger charge is 2.15. The van der Waals surface area contributed by atoms with E-state index in [0.29, 0.717) is 12.1 Å². The summed E-state index contributed by atoms with van der Waals surface area (Å²) < 4.78 is 5.41. The van der Waals surface area contributed by atoms with E-state index in [1.165, 1.54) is 19.3 Å². The first-order valence-electron chi connectivity index (χ1n) is 6.46. The zero-order chi connectivity index (χ0) is 12.0. The first-order chi connectivity index (χ1) is 7.67. The fourth-order valence-corrected chi connectivity index (χ4v) is 1.98. The van der Waals surface area contributed by atoms with Crippen molar-refractivity contribution in [3.05, 3.63) is 24.2 Å². The molecule has 3 unspecified atom stereocenters. The van der Waals surface area contributed by atoms with E-state index in [0.717, 1.165) is 11.7 Å². The lowest BCUT2D eigenvalue weighted by Crippen LogP contribution is -2.32. The highest BCUT2D eigenvalue weighted by Crippen LogP contribution is 2.18. The van der Waals surface area contributed by atoms with Gasteiger partial charge in [-0.3, -0.25) is 0 Å². The van der Waals surface area contributed by atoms with Crippen LogP contribution in [0.3, 0.4) is 0 Å². The minimum atomic E-state index is 0.309. The number of furan rings is 1. The molecule has 1 heterocycles. The summed E-state index contributed by atoms with van der Waals surface area (Å²) in [4.78, 5) is 0. The largest absolute Gasteiger partial charge is 0.468 e. The molecule has 0 saturated carbocycles. The maximum absolute atomic E-state index is 5.41. The lowest BCUT2D eigenvalue weighted by atomic mass is 9.97. The van der Waals surface area contributed by atoms with E-state index in [1.54, 1.807) is 6.26 Å². The minimum absolute atomic E-state index is 0.309. The lowest BCUT2D eigenvalue weighted by Gasteiger charge is -2.23. The van der Waals surface area contributed by atoms with E-state index < -0.39 is 0 Å².